The highest BCUT2D eigenvalue weighted by molar-refractivity contribution is 6.31. The molecule has 0 spiro atoms. The van der Waals surface area contributed by atoms with Crippen LogP contribution in [0.25, 0.3) is 0 Å². The molecule has 0 aliphatic carbocycles. The van der Waals surface area contributed by atoms with Gasteiger partial charge in [0.05, 0.1) is 5.56 Å². The molecule has 0 saturated carbocycles. The van der Waals surface area contributed by atoms with E-state index in [9.17, 15) is 13.2 Å². The standard InChI is InChI=1S/C11H13ClF3N/c1-3-16-6-8-4-9(11(13,14)15)5-10(12)7(8)2/h4-5,16H,3,6H2,1-2H3. The summed E-state index contributed by atoms with van der Waals surface area (Å²) in [6.07, 6.45) is -4.35. The summed E-state index contributed by atoms with van der Waals surface area (Å²) >= 11 is 5.78. The summed E-state index contributed by atoms with van der Waals surface area (Å²) in [4.78, 5) is 0. The Hall–Kier alpha value is -0.740. The van der Waals surface area contributed by atoms with Gasteiger partial charge in [-0.25, -0.2) is 0 Å². The number of nitrogens with one attached hydrogen (secondary N) is 1. The fourth-order valence-electron chi connectivity index (χ4n) is 1.34. The average Bonchev–Trinajstić information content (AvgIpc) is 2.18. The number of halogens is 4. The molecule has 0 radical (unpaired) electrons. The minimum Gasteiger partial charge on any atom is -0.313 e. The van der Waals surface area contributed by atoms with Crippen molar-refractivity contribution in [2.24, 2.45) is 0 Å². The van der Waals surface area contributed by atoms with Crippen LogP contribution in [0.3, 0.4) is 0 Å². The topological polar surface area (TPSA) is 12.0 Å². The van der Waals surface area contributed by atoms with Crippen LogP contribution < -0.4 is 5.32 Å². The Kier molecular flexibility index (Phi) is 4.21. The Morgan fingerprint density at radius 1 is 1.31 bits per heavy atom. The number of rotatable bonds is 3. The number of hydrogen-bond acceptors (Lipinski definition) is 1. The third-order valence-electron chi connectivity index (χ3n) is 2.34. The summed E-state index contributed by atoms with van der Waals surface area (Å²) in [6, 6.07) is 2.11. The van der Waals surface area contributed by atoms with E-state index >= 15 is 0 Å². The van der Waals surface area contributed by atoms with E-state index in [0.717, 1.165) is 12.1 Å². The van der Waals surface area contributed by atoms with E-state index in [4.69, 9.17) is 11.6 Å². The summed E-state index contributed by atoms with van der Waals surface area (Å²) in [5, 5.41) is 3.14. The first-order chi connectivity index (χ1) is 7.36. The van der Waals surface area contributed by atoms with Gasteiger partial charge in [-0.15, -0.1) is 0 Å². The zero-order valence-corrected chi connectivity index (χ0v) is 9.84. The van der Waals surface area contributed by atoms with Gasteiger partial charge in [-0.1, -0.05) is 18.5 Å². The quantitative estimate of drug-likeness (QED) is 0.862. The Morgan fingerprint density at radius 2 is 1.94 bits per heavy atom. The Balaban J connectivity index is 3.12. The maximum atomic E-state index is 12.5. The number of alkyl halides is 3. The molecule has 1 nitrogen and oxygen atoms in total. The second kappa shape index (κ2) is 5.06. The molecular weight excluding hydrogens is 239 g/mol. The number of hydrogen-bond donors (Lipinski definition) is 1. The second-order valence-electron chi connectivity index (χ2n) is 3.52. The van der Waals surface area contributed by atoms with Gasteiger partial charge in [0.15, 0.2) is 0 Å². The summed E-state index contributed by atoms with van der Waals surface area (Å²) in [5.74, 6) is 0. The van der Waals surface area contributed by atoms with Gasteiger partial charge >= 0.3 is 6.18 Å². The molecule has 0 atom stereocenters. The maximum Gasteiger partial charge on any atom is 0.416 e. The third-order valence-corrected chi connectivity index (χ3v) is 2.74. The van der Waals surface area contributed by atoms with E-state index in [1.807, 2.05) is 6.92 Å². The minimum absolute atomic E-state index is 0.155. The highest BCUT2D eigenvalue weighted by Crippen LogP contribution is 2.33. The third kappa shape index (κ3) is 3.12. The molecule has 0 bridgehead atoms. The zero-order valence-electron chi connectivity index (χ0n) is 9.08. The van der Waals surface area contributed by atoms with E-state index < -0.39 is 11.7 Å². The lowest BCUT2D eigenvalue weighted by atomic mass is 10.0. The van der Waals surface area contributed by atoms with Gasteiger partial charge in [-0.2, -0.15) is 13.2 Å². The van der Waals surface area contributed by atoms with Crippen LogP contribution in [0, 0.1) is 6.92 Å². The van der Waals surface area contributed by atoms with Crippen molar-refractivity contribution in [3.63, 3.8) is 0 Å². The van der Waals surface area contributed by atoms with E-state index in [1.54, 1.807) is 6.92 Å². The maximum absolute atomic E-state index is 12.5. The highest BCUT2D eigenvalue weighted by atomic mass is 35.5. The fraction of sp³-hybridized carbons (Fsp3) is 0.455. The lowest BCUT2D eigenvalue weighted by molar-refractivity contribution is -0.137. The van der Waals surface area contributed by atoms with Gasteiger partial charge in [-0.3, -0.25) is 0 Å². The van der Waals surface area contributed by atoms with Crippen LogP contribution in [0.2, 0.25) is 5.02 Å². The molecule has 90 valence electrons. The van der Waals surface area contributed by atoms with Gasteiger partial charge in [0.2, 0.25) is 0 Å². The van der Waals surface area contributed by atoms with Crippen LogP contribution in [0.5, 0.6) is 0 Å². The molecule has 16 heavy (non-hydrogen) atoms. The molecule has 0 aliphatic heterocycles. The lowest BCUT2D eigenvalue weighted by Crippen LogP contribution is -2.14. The van der Waals surface area contributed by atoms with Crippen molar-refractivity contribution < 1.29 is 13.2 Å². The molecule has 0 saturated heterocycles. The fourth-order valence-corrected chi connectivity index (χ4v) is 1.58. The van der Waals surface area contributed by atoms with Crippen molar-refractivity contribution in [2.75, 3.05) is 6.54 Å². The molecule has 1 N–H and O–H groups in total. The molecule has 0 heterocycles. The van der Waals surface area contributed by atoms with Crippen molar-refractivity contribution in [1.82, 2.24) is 5.32 Å². The minimum atomic E-state index is -4.35. The SMILES string of the molecule is CCNCc1cc(C(F)(F)F)cc(Cl)c1C. The Labute approximate surface area is 97.6 Å². The van der Waals surface area contributed by atoms with Crippen LogP contribution in [0.1, 0.15) is 23.6 Å². The van der Waals surface area contributed by atoms with E-state index in [1.165, 1.54) is 0 Å². The Morgan fingerprint density at radius 3 is 2.44 bits per heavy atom. The summed E-state index contributed by atoms with van der Waals surface area (Å²) in [6.45, 7) is 4.71. The summed E-state index contributed by atoms with van der Waals surface area (Å²) in [5.41, 5.74) is 0.577. The van der Waals surface area contributed by atoms with Crippen molar-refractivity contribution in [3.8, 4) is 0 Å². The normalized spacial score (nSPS) is 11.9. The van der Waals surface area contributed by atoms with Crippen LogP contribution in [-0.2, 0) is 12.7 Å². The molecule has 0 aliphatic rings. The molecule has 0 unspecified atom stereocenters. The highest BCUT2D eigenvalue weighted by Gasteiger charge is 2.31. The van der Waals surface area contributed by atoms with Crippen LogP contribution in [-0.4, -0.2) is 6.54 Å². The largest absolute Gasteiger partial charge is 0.416 e. The van der Waals surface area contributed by atoms with Crippen LogP contribution >= 0.6 is 11.6 Å². The molecule has 1 aromatic carbocycles. The van der Waals surface area contributed by atoms with Gasteiger partial charge in [-0.05, 0) is 36.7 Å². The van der Waals surface area contributed by atoms with Gasteiger partial charge < -0.3 is 5.32 Å². The van der Waals surface area contributed by atoms with Crippen LogP contribution in [0.4, 0.5) is 13.2 Å². The van der Waals surface area contributed by atoms with E-state index in [2.05, 4.69) is 5.32 Å². The van der Waals surface area contributed by atoms with Crippen LogP contribution in [0.15, 0.2) is 12.1 Å². The van der Waals surface area contributed by atoms with Crippen molar-refractivity contribution in [1.29, 1.82) is 0 Å². The van der Waals surface area contributed by atoms with Gasteiger partial charge in [0, 0.05) is 11.6 Å². The Bertz CT molecular complexity index is 374. The van der Waals surface area contributed by atoms with E-state index in [0.29, 0.717) is 24.2 Å². The van der Waals surface area contributed by atoms with Crippen molar-refractivity contribution >= 4 is 11.6 Å². The molecule has 1 rings (SSSR count). The molecule has 0 aromatic heterocycles. The van der Waals surface area contributed by atoms with Gasteiger partial charge in [0.1, 0.15) is 0 Å². The van der Waals surface area contributed by atoms with E-state index in [-0.39, 0.29) is 5.02 Å². The second-order valence-corrected chi connectivity index (χ2v) is 3.93. The molecule has 1 aromatic rings. The predicted octanol–water partition coefficient (Wildman–Crippen LogP) is 3.78. The number of benzene rings is 1. The first-order valence-electron chi connectivity index (χ1n) is 4.93. The molecule has 5 heteroatoms. The molecule has 0 amide bonds. The predicted molar refractivity (Wildman–Crippen MR) is 58.6 cm³/mol. The first-order valence-corrected chi connectivity index (χ1v) is 5.31. The average molecular weight is 252 g/mol. The first kappa shape index (κ1) is 13.3. The zero-order chi connectivity index (χ0) is 12.3. The lowest BCUT2D eigenvalue weighted by Gasteiger charge is -2.13. The summed E-state index contributed by atoms with van der Waals surface area (Å²) in [7, 11) is 0. The smallest absolute Gasteiger partial charge is 0.313 e. The summed E-state index contributed by atoms with van der Waals surface area (Å²) < 4.78 is 37.6. The van der Waals surface area contributed by atoms with Crippen molar-refractivity contribution in [2.45, 2.75) is 26.6 Å². The molecular formula is C11H13ClF3N. The van der Waals surface area contributed by atoms with Gasteiger partial charge in [0.25, 0.3) is 0 Å². The monoisotopic (exact) mass is 251 g/mol. The molecule has 0 fully saturated rings. The van der Waals surface area contributed by atoms with Crippen molar-refractivity contribution in [3.05, 3.63) is 33.8 Å².